The van der Waals surface area contributed by atoms with Crippen LogP contribution in [-0.4, -0.2) is 68.4 Å². The molecule has 2 aromatic carbocycles. The molecule has 42 heavy (non-hydrogen) atoms. The summed E-state index contributed by atoms with van der Waals surface area (Å²) in [5.74, 6) is -1.44. The van der Waals surface area contributed by atoms with Crippen molar-refractivity contribution in [1.82, 2.24) is 29.8 Å². The van der Waals surface area contributed by atoms with Gasteiger partial charge in [0, 0.05) is 56.0 Å². The fourth-order valence-electron chi connectivity index (χ4n) is 6.10. The quantitative estimate of drug-likeness (QED) is 0.308. The number of nitrogens with one attached hydrogen (secondary N) is 2. The second-order valence-corrected chi connectivity index (χ2v) is 11.1. The van der Waals surface area contributed by atoms with E-state index in [1.54, 1.807) is 21.6 Å². The fourth-order valence-corrected chi connectivity index (χ4v) is 6.10. The zero-order valence-corrected chi connectivity index (χ0v) is 23.9. The number of benzene rings is 2. The largest absolute Gasteiger partial charge is 0.378 e. The molecule has 0 bridgehead atoms. The highest BCUT2D eigenvalue weighted by molar-refractivity contribution is 5.91. The van der Waals surface area contributed by atoms with Gasteiger partial charge in [-0.1, -0.05) is 24.3 Å². The van der Waals surface area contributed by atoms with E-state index < -0.39 is 17.7 Å². The Balaban J connectivity index is 1.25. The molecule has 2 amide bonds. The van der Waals surface area contributed by atoms with Gasteiger partial charge in [-0.25, -0.2) is 18.3 Å². The van der Waals surface area contributed by atoms with E-state index >= 15 is 0 Å². The average Bonchev–Trinajstić information content (AvgIpc) is 3.65. The zero-order valence-electron chi connectivity index (χ0n) is 23.9. The molecular weight excluding hydrogens is 540 g/mol. The van der Waals surface area contributed by atoms with E-state index in [1.807, 2.05) is 57.4 Å². The first-order valence-corrected chi connectivity index (χ1v) is 14.3. The topological polar surface area (TPSA) is 89.2 Å². The van der Waals surface area contributed by atoms with Crippen LogP contribution in [0.2, 0.25) is 0 Å². The number of rotatable bonds is 8. The zero-order chi connectivity index (χ0) is 29.4. The fraction of sp³-hybridized carbons (Fsp3) is 0.387. The number of carbonyl (C=O) groups is 1. The number of para-hydroxylation sites is 1. The monoisotopic (exact) mass is 575 g/mol. The number of hydrogen-bond acceptors (Lipinski definition) is 5. The predicted molar refractivity (Wildman–Crippen MR) is 156 cm³/mol. The molecule has 11 heteroatoms. The van der Waals surface area contributed by atoms with Crippen LogP contribution in [0.4, 0.5) is 19.4 Å². The second kappa shape index (κ2) is 11.7. The van der Waals surface area contributed by atoms with Gasteiger partial charge in [0.2, 0.25) is 0 Å². The van der Waals surface area contributed by atoms with Gasteiger partial charge in [0.05, 0.1) is 24.0 Å². The number of aryl methyl sites for hydroxylation is 1. The maximum absolute atomic E-state index is 14.3. The molecular formula is C31H35F2N7O2. The molecule has 2 atom stereocenters. The molecule has 0 spiro atoms. The Morgan fingerprint density at radius 2 is 1.88 bits per heavy atom. The van der Waals surface area contributed by atoms with Crippen molar-refractivity contribution >= 4 is 11.8 Å². The lowest BCUT2D eigenvalue weighted by Crippen LogP contribution is -2.48. The molecule has 0 radical (unpaired) electrons. The minimum atomic E-state index is -0.889. The highest BCUT2D eigenvalue weighted by Gasteiger charge is 2.42. The van der Waals surface area contributed by atoms with Gasteiger partial charge in [0.1, 0.15) is 11.5 Å². The summed E-state index contributed by atoms with van der Waals surface area (Å²) >= 11 is 0. The van der Waals surface area contributed by atoms with Crippen molar-refractivity contribution in [2.24, 2.45) is 7.05 Å². The molecule has 9 nitrogen and oxygen atoms in total. The van der Waals surface area contributed by atoms with E-state index in [-0.39, 0.29) is 18.1 Å². The van der Waals surface area contributed by atoms with Crippen molar-refractivity contribution in [1.29, 1.82) is 0 Å². The normalized spacial score (nSPS) is 22.2. The van der Waals surface area contributed by atoms with E-state index in [4.69, 9.17) is 9.84 Å². The number of amides is 2. The van der Waals surface area contributed by atoms with Crippen molar-refractivity contribution in [2.75, 3.05) is 25.0 Å². The minimum absolute atomic E-state index is 0.205. The first-order valence-electron chi connectivity index (χ1n) is 14.3. The molecule has 2 fully saturated rings. The lowest BCUT2D eigenvalue weighted by atomic mass is 9.88. The number of ether oxygens (including phenoxy) is 1. The lowest BCUT2D eigenvalue weighted by molar-refractivity contribution is -0.0413. The van der Waals surface area contributed by atoms with Crippen LogP contribution in [-0.2, 0) is 11.8 Å². The Bertz CT molecular complexity index is 1560. The standard InChI is InChI=1S/C31H35F2N7O2/c1-4-42-24-13-23(14-24)39-17-25(20-10-11-26(32)27(33)12-20)28(18-39)35-31(41)36-30-19(2)29(21-15-34-38(3)16-21)37-40(30)22-8-6-5-7-9-22/h5-12,15-16,23-25,28H,4,13-14,17-18H2,1-3H3,(H2,35,36,41)/t23?,24?,25?,28-/m1/s1. The highest BCUT2D eigenvalue weighted by Crippen LogP contribution is 2.36. The summed E-state index contributed by atoms with van der Waals surface area (Å²) < 4.78 is 37.2. The molecule has 2 aromatic heterocycles. The van der Waals surface area contributed by atoms with Gasteiger partial charge in [0.25, 0.3) is 0 Å². The number of urea groups is 1. The summed E-state index contributed by atoms with van der Waals surface area (Å²) in [5, 5.41) is 15.3. The number of nitrogens with zero attached hydrogens (tertiary/aromatic N) is 5. The molecule has 1 saturated heterocycles. The Hall–Kier alpha value is -4.09. The predicted octanol–water partition coefficient (Wildman–Crippen LogP) is 5.02. The van der Waals surface area contributed by atoms with Crippen LogP contribution < -0.4 is 10.6 Å². The van der Waals surface area contributed by atoms with Gasteiger partial charge in [-0.05, 0) is 56.5 Å². The van der Waals surface area contributed by atoms with E-state index in [0.29, 0.717) is 42.8 Å². The molecule has 220 valence electrons. The summed E-state index contributed by atoms with van der Waals surface area (Å²) in [6.45, 7) is 5.81. The number of anilines is 1. The van der Waals surface area contributed by atoms with Gasteiger partial charge >= 0.3 is 6.03 Å². The molecule has 6 rings (SSSR count). The smallest absolute Gasteiger partial charge is 0.320 e. The third-order valence-corrected chi connectivity index (χ3v) is 8.36. The van der Waals surface area contributed by atoms with Crippen molar-refractivity contribution < 1.29 is 18.3 Å². The molecule has 2 aliphatic rings. The third kappa shape index (κ3) is 5.54. The SMILES string of the molecule is CCOC1CC(N2CC(c3ccc(F)c(F)c3)[C@H](NC(=O)Nc3c(C)c(-c4cnn(C)c4)nn3-c3ccccc3)C2)C1. The first-order chi connectivity index (χ1) is 20.3. The lowest BCUT2D eigenvalue weighted by Gasteiger charge is -2.41. The van der Waals surface area contributed by atoms with Crippen LogP contribution >= 0.6 is 0 Å². The number of aromatic nitrogens is 4. The van der Waals surface area contributed by atoms with Gasteiger partial charge in [-0.2, -0.15) is 10.2 Å². The van der Waals surface area contributed by atoms with Gasteiger partial charge < -0.3 is 10.1 Å². The molecule has 1 aliphatic carbocycles. The molecule has 2 N–H and O–H groups in total. The summed E-state index contributed by atoms with van der Waals surface area (Å²) in [7, 11) is 1.84. The van der Waals surface area contributed by atoms with Gasteiger partial charge in [0.15, 0.2) is 11.6 Å². The molecule has 1 saturated carbocycles. The van der Waals surface area contributed by atoms with Crippen LogP contribution in [0, 0.1) is 18.6 Å². The molecule has 4 aromatic rings. The van der Waals surface area contributed by atoms with Crippen LogP contribution in [0.1, 0.15) is 36.8 Å². The van der Waals surface area contributed by atoms with E-state index in [9.17, 15) is 13.6 Å². The van der Waals surface area contributed by atoms with Gasteiger partial charge in [-0.15, -0.1) is 0 Å². The average molecular weight is 576 g/mol. The van der Waals surface area contributed by atoms with Crippen molar-refractivity contribution in [3.05, 3.63) is 83.7 Å². The number of carbonyl (C=O) groups excluding carboxylic acids is 1. The van der Waals surface area contributed by atoms with Crippen LogP contribution in [0.5, 0.6) is 0 Å². The molecule has 1 unspecified atom stereocenters. The Morgan fingerprint density at radius 3 is 2.57 bits per heavy atom. The van der Waals surface area contributed by atoms with E-state index in [0.717, 1.165) is 35.7 Å². The van der Waals surface area contributed by atoms with Crippen LogP contribution in [0.25, 0.3) is 16.9 Å². The van der Waals surface area contributed by atoms with Crippen LogP contribution in [0.15, 0.2) is 60.9 Å². The Kier molecular flexibility index (Phi) is 7.78. The van der Waals surface area contributed by atoms with Crippen molar-refractivity contribution in [3.63, 3.8) is 0 Å². The highest BCUT2D eigenvalue weighted by atomic mass is 19.2. The summed E-state index contributed by atoms with van der Waals surface area (Å²) in [6.07, 6.45) is 5.70. The maximum Gasteiger partial charge on any atom is 0.320 e. The molecule has 1 aliphatic heterocycles. The van der Waals surface area contributed by atoms with Crippen molar-refractivity contribution in [2.45, 2.75) is 50.8 Å². The van der Waals surface area contributed by atoms with E-state index in [1.165, 1.54) is 6.07 Å². The number of hydrogen-bond donors (Lipinski definition) is 2. The van der Waals surface area contributed by atoms with E-state index in [2.05, 4.69) is 20.6 Å². The maximum atomic E-state index is 14.3. The summed E-state index contributed by atoms with van der Waals surface area (Å²) in [6, 6.07) is 13.2. The Labute approximate surface area is 243 Å². The minimum Gasteiger partial charge on any atom is -0.378 e. The summed E-state index contributed by atoms with van der Waals surface area (Å²) in [4.78, 5) is 15.9. The number of likely N-dealkylation sites (tertiary alicyclic amines) is 1. The van der Waals surface area contributed by atoms with Crippen LogP contribution in [0.3, 0.4) is 0 Å². The summed E-state index contributed by atoms with van der Waals surface area (Å²) in [5.41, 5.74) is 3.80. The number of halogens is 2. The second-order valence-electron chi connectivity index (χ2n) is 11.1. The Morgan fingerprint density at radius 1 is 1.10 bits per heavy atom. The third-order valence-electron chi connectivity index (χ3n) is 8.36. The van der Waals surface area contributed by atoms with Crippen molar-refractivity contribution in [3.8, 4) is 16.9 Å². The van der Waals surface area contributed by atoms with Gasteiger partial charge in [-0.3, -0.25) is 14.9 Å². The first kappa shape index (κ1) is 28.0. The molecule has 3 heterocycles.